The number of rotatable bonds is 6. The Hall–Kier alpha value is -2.63. The smallest absolute Gasteiger partial charge is 0.263 e. The van der Waals surface area contributed by atoms with Gasteiger partial charge in [-0.2, -0.15) is 0 Å². The van der Waals surface area contributed by atoms with E-state index >= 15 is 0 Å². The number of anilines is 2. The number of carbonyl (C=O) groups excluding carboxylic acids is 1. The molecule has 1 aromatic carbocycles. The van der Waals surface area contributed by atoms with Crippen LogP contribution in [-0.2, 0) is 4.79 Å². The first-order valence-electron chi connectivity index (χ1n) is 9.28. The van der Waals surface area contributed by atoms with Crippen molar-refractivity contribution in [2.45, 2.75) is 51.5 Å². The summed E-state index contributed by atoms with van der Waals surface area (Å²) in [5, 5.41) is 14.4. The van der Waals surface area contributed by atoms with Gasteiger partial charge in [-0.1, -0.05) is 43.4 Å². The molecule has 0 radical (unpaired) electrons. The van der Waals surface area contributed by atoms with Crippen LogP contribution in [0.2, 0.25) is 0 Å². The second-order valence-electron chi connectivity index (χ2n) is 6.79. The van der Waals surface area contributed by atoms with Gasteiger partial charge in [0.15, 0.2) is 12.4 Å². The molecule has 1 saturated carbocycles. The number of benzene rings is 1. The van der Waals surface area contributed by atoms with E-state index in [-0.39, 0.29) is 12.5 Å². The molecule has 3 rings (SSSR count). The molecule has 2 aromatic rings. The quantitative estimate of drug-likeness (QED) is 0.769. The van der Waals surface area contributed by atoms with Crippen LogP contribution in [-0.4, -0.2) is 28.8 Å². The molecule has 138 valence electrons. The Kier molecular flexibility index (Phi) is 6.41. The summed E-state index contributed by atoms with van der Waals surface area (Å²) < 4.78 is 5.46. The number of nitrogens with zero attached hydrogens (tertiary/aromatic N) is 2. The molecule has 6 heteroatoms. The van der Waals surface area contributed by atoms with Gasteiger partial charge in [0.1, 0.15) is 11.6 Å². The molecule has 0 atom stereocenters. The van der Waals surface area contributed by atoms with E-state index in [1.165, 1.54) is 38.5 Å². The molecule has 0 spiro atoms. The third kappa shape index (κ3) is 5.72. The molecule has 26 heavy (non-hydrogen) atoms. The highest BCUT2D eigenvalue weighted by atomic mass is 16.5. The van der Waals surface area contributed by atoms with Gasteiger partial charge >= 0.3 is 0 Å². The standard InChI is InChI=1S/C20H26N4O2/c1-15-8-10-17(11-9-15)26-14-20(25)22-19-13-12-18(23-24-19)21-16-6-4-2-3-5-7-16/h8-13,16H,2-7,14H2,1H3,(H,21,23)(H,22,24,25). The van der Waals surface area contributed by atoms with Crippen LogP contribution in [0.3, 0.4) is 0 Å². The van der Waals surface area contributed by atoms with E-state index in [0.29, 0.717) is 17.6 Å². The first-order valence-corrected chi connectivity index (χ1v) is 9.28. The maximum absolute atomic E-state index is 12.0. The minimum Gasteiger partial charge on any atom is -0.484 e. The van der Waals surface area contributed by atoms with Crippen molar-refractivity contribution in [1.82, 2.24) is 10.2 Å². The van der Waals surface area contributed by atoms with Gasteiger partial charge in [-0.15, -0.1) is 10.2 Å². The van der Waals surface area contributed by atoms with Crippen LogP contribution >= 0.6 is 0 Å². The van der Waals surface area contributed by atoms with Gasteiger partial charge < -0.3 is 15.4 Å². The molecule has 0 unspecified atom stereocenters. The zero-order chi connectivity index (χ0) is 18.2. The summed E-state index contributed by atoms with van der Waals surface area (Å²) in [4.78, 5) is 12.0. The zero-order valence-electron chi connectivity index (χ0n) is 15.2. The van der Waals surface area contributed by atoms with Crippen LogP contribution in [0, 0.1) is 6.92 Å². The van der Waals surface area contributed by atoms with Crippen molar-refractivity contribution in [1.29, 1.82) is 0 Å². The lowest BCUT2D eigenvalue weighted by atomic mass is 10.1. The summed E-state index contributed by atoms with van der Waals surface area (Å²) in [6, 6.07) is 11.7. The van der Waals surface area contributed by atoms with Gasteiger partial charge in [0.05, 0.1) is 0 Å². The molecule has 1 fully saturated rings. The Labute approximate surface area is 154 Å². The average Bonchev–Trinajstić information content (AvgIpc) is 2.92. The van der Waals surface area contributed by atoms with Gasteiger partial charge in [0.2, 0.25) is 0 Å². The Morgan fingerprint density at radius 2 is 1.65 bits per heavy atom. The topological polar surface area (TPSA) is 76.1 Å². The summed E-state index contributed by atoms with van der Waals surface area (Å²) in [5.41, 5.74) is 1.15. The predicted octanol–water partition coefficient (Wildman–Crippen LogP) is 3.94. The average molecular weight is 354 g/mol. The molecule has 0 aliphatic heterocycles. The minimum atomic E-state index is -0.260. The molecule has 2 N–H and O–H groups in total. The van der Waals surface area contributed by atoms with Crippen LogP contribution in [0.25, 0.3) is 0 Å². The SMILES string of the molecule is Cc1ccc(OCC(=O)Nc2ccc(NC3CCCCCC3)nn2)cc1. The van der Waals surface area contributed by atoms with Crippen molar-refractivity contribution in [3.8, 4) is 5.75 Å². The summed E-state index contributed by atoms with van der Waals surface area (Å²) in [6.07, 6.45) is 7.52. The summed E-state index contributed by atoms with van der Waals surface area (Å²) in [6.45, 7) is 1.94. The van der Waals surface area contributed by atoms with E-state index in [9.17, 15) is 4.79 Å². The van der Waals surface area contributed by atoms with Crippen LogP contribution in [0.15, 0.2) is 36.4 Å². The number of aromatic nitrogens is 2. The maximum Gasteiger partial charge on any atom is 0.263 e. The van der Waals surface area contributed by atoms with E-state index in [1.54, 1.807) is 6.07 Å². The van der Waals surface area contributed by atoms with Crippen LogP contribution in [0.5, 0.6) is 5.75 Å². The third-order valence-electron chi connectivity index (χ3n) is 4.53. The second-order valence-corrected chi connectivity index (χ2v) is 6.79. The van der Waals surface area contributed by atoms with Crippen molar-refractivity contribution in [2.75, 3.05) is 17.2 Å². The number of nitrogens with one attached hydrogen (secondary N) is 2. The molecular weight excluding hydrogens is 328 g/mol. The number of hydrogen-bond donors (Lipinski definition) is 2. The molecule has 0 bridgehead atoms. The number of aryl methyl sites for hydroxylation is 1. The number of amides is 1. The number of ether oxygens (including phenoxy) is 1. The molecule has 1 amide bonds. The fraction of sp³-hybridized carbons (Fsp3) is 0.450. The Balaban J connectivity index is 1.45. The van der Waals surface area contributed by atoms with Gasteiger partial charge in [-0.05, 0) is 44.0 Å². The van der Waals surface area contributed by atoms with Gasteiger partial charge in [0, 0.05) is 6.04 Å². The third-order valence-corrected chi connectivity index (χ3v) is 4.53. The molecule has 1 aromatic heterocycles. The molecule has 1 heterocycles. The Morgan fingerprint density at radius 1 is 1.00 bits per heavy atom. The van der Waals surface area contributed by atoms with E-state index in [0.717, 1.165) is 11.4 Å². The summed E-state index contributed by atoms with van der Waals surface area (Å²) in [5.74, 6) is 1.59. The molecule has 1 aliphatic rings. The monoisotopic (exact) mass is 354 g/mol. The van der Waals surface area contributed by atoms with Crippen molar-refractivity contribution in [3.05, 3.63) is 42.0 Å². The highest BCUT2D eigenvalue weighted by Gasteiger charge is 2.13. The van der Waals surface area contributed by atoms with Crippen LogP contribution in [0.1, 0.15) is 44.1 Å². The van der Waals surface area contributed by atoms with E-state index in [1.807, 2.05) is 37.3 Å². The summed E-state index contributed by atoms with van der Waals surface area (Å²) in [7, 11) is 0. The molecule has 0 saturated heterocycles. The number of hydrogen-bond acceptors (Lipinski definition) is 5. The van der Waals surface area contributed by atoms with Crippen molar-refractivity contribution in [3.63, 3.8) is 0 Å². The number of carbonyl (C=O) groups is 1. The first-order chi connectivity index (χ1) is 12.7. The van der Waals surface area contributed by atoms with Crippen molar-refractivity contribution < 1.29 is 9.53 Å². The maximum atomic E-state index is 12.0. The zero-order valence-corrected chi connectivity index (χ0v) is 15.2. The van der Waals surface area contributed by atoms with Crippen molar-refractivity contribution >= 4 is 17.5 Å². The van der Waals surface area contributed by atoms with E-state index in [2.05, 4.69) is 20.8 Å². The predicted molar refractivity (Wildman–Crippen MR) is 102 cm³/mol. The largest absolute Gasteiger partial charge is 0.484 e. The van der Waals surface area contributed by atoms with E-state index < -0.39 is 0 Å². The lowest BCUT2D eigenvalue weighted by Gasteiger charge is -2.16. The van der Waals surface area contributed by atoms with Gasteiger partial charge in [0.25, 0.3) is 5.91 Å². The van der Waals surface area contributed by atoms with Crippen LogP contribution in [0.4, 0.5) is 11.6 Å². The van der Waals surface area contributed by atoms with Gasteiger partial charge in [-0.3, -0.25) is 4.79 Å². The minimum absolute atomic E-state index is 0.0627. The second kappa shape index (κ2) is 9.17. The normalized spacial score (nSPS) is 15.1. The molecule has 1 aliphatic carbocycles. The Bertz CT molecular complexity index is 693. The lowest BCUT2D eigenvalue weighted by Crippen LogP contribution is -2.22. The fourth-order valence-electron chi connectivity index (χ4n) is 3.07. The first kappa shape index (κ1) is 18.2. The summed E-state index contributed by atoms with van der Waals surface area (Å²) >= 11 is 0. The molecule has 6 nitrogen and oxygen atoms in total. The van der Waals surface area contributed by atoms with E-state index in [4.69, 9.17) is 4.74 Å². The lowest BCUT2D eigenvalue weighted by molar-refractivity contribution is -0.118. The highest BCUT2D eigenvalue weighted by Crippen LogP contribution is 2.20. The Morgan fingerprint density at radius 3 is 2.31 bits per heavy atom. The molecular formula is C20H26N4O2. The van der Waals surface area contributed by atoms with Crippen molar-refractivity contribution in [2.24, 2.45) is 0 Å². The van der Waals surface area contributed by atoms with Crippen LogP contribution < -0.4 is 15.4 Å². The fourth-order valence-corrected chi connectivity index (χ4v) is 3.07. The highest BCUT2D eigenvalue weighted by molar-refractivity contribution is 5.90. The van der Waals surface area contributed by atoms with Gasteiger partial charge in [-0.25, -0.2) is 0 Å².